The van der Waals surface area contributed by atoms with Crippen LogP contribution in [0.4, 0.5) is 10.1 Å². The Morgan fingerprint density at radius 2 is 1.89 bits per heavy atom. The molecule has 3 nitrogen and oxygen atoms in total. The summed E-state index contributed by atoms with van der Waals surface area (Å²) in [5.74, 6) is -1.40. The molecule has 3 aromatic rings. The lowest BCUT2D eigenvalue weighted by molar-refractivity contribution is 0.0696. The van der Waals surface area contributed by atoms with E-state index in [0.717, 1.165) is 22.4 Å². The Morgan fingerprint density at radius 3 is 2.57 bits per heavy atom. The monoisotopic (exact) mass is 395 g/mol. The lowest BCUT2D eigenvalue weighted by Gasteiger charge is -2.42. The van der Waals surface area contributed by atoms with Gasteiger partial charge in [0, 0.05) is 11.1 Å². The van der Waals surface area contributed by atoms with Gasteiger partial charge in [-0.1, -0.05) is 54.9 Å². The average molecular weight is 396 g/mol. The van der Waals surface area contributed by atoms with Gasteiger partial charge in [-0.25, -0.2) is 9.18 Å². The zero-order valence-corrected chi connectivity index (χ0v) is 16.0. The highest BCUT2D eigenvalue weighted by Gasteiger charge is 2.39. The lowest BCUT2D eigenvalue weighted by atomic mass is 9.68. The molecule has 1 aliphatic heterocycles. The molecule has 5 heteroatoms. The first-order valence-corrected chi connectivity index (χ1v) is 9.41. The van der Waals surface area contributed by atoms with Crippen molar-refractivity contribution in [1.82, 2.24) is 0 Å². The number of benzene rings is 3. The number of halogens is 2. The van der Waals surface area contributed by atoms with E-state index in [1.165, 1.54) is 6.07 Å². The second kappa shape index (κ2) is 6.95. The maximum atomic E-state index is 13.6. The molecular formula is C23H19ClFNO2. The van der Waals surface area contributed by atoms with Crippen LogP contribution < -0.4 is 5.32 Å². The van der Waals surface area contributed by atoms with E-state index in [-0.39, 0.29) is 16.6 Å². The summed E-state index contributed by atoms with van der Waals surface area (Å²) in [4.78, 5) is 11.5. The number of carboxylic acid groups (broad SMARTS) is 1. The highest BCUT2D eigenvalue weighted by molar-refractivity contribution is 6.30. The molecule has 0 amide bonds. The Bertz CT molecular complexity index is 1050. The van der Waals surface area contributed by atoms with E-state index in [0.29, 0.717) is 6.42 Å². The number of hydrogen-bond donors (Lipinski definition) is 2. The standard InChI is InChI=1S/C23H19ClFNO2/c1-23(16-5-3-2-4-6-16)13-21(14-7-9-19(25)18(24)12-14)26-20-10-8-15(22(27)28)11-17(20)23/h2-12,21,26H,13H2,1H3,(H,27,28). The van der Waals surface area contributed by atoms with Crippen LogP contribution in [0, 0.1) is 5.82 Å². The zero-order chi connectivity index (χ0) is 19.9. The van der Waals surface area contributed by atoms with E-state index < -0.39 is 17.2 Å². The van der Waals surface area contributed by atoms with E-state index in [9.17, 15) is 14.3 Å². The van der Waals surface area contributed by atoms with Crippen LogP contribution in [0.1, 0.15) is 46.4 Å². The van der Waals surface area contributed by atoms with Crippen LogP contribution in [0.5, 0.6) is 0 Å². The second-order valence-corrected chi connectivity index (χ2v) is 7.75. The van der Waals surface area contributed by atoms with Crippen molar-refractivity contribution in [2.45, 2.75) is 24.8 Å². The predicted molar refractivity (Wildman–Crippen MR) is 109 cm³/mol. The molecule has 4 rings (SSSR count). The third-order valence-corrected chi connectivity index (χ3v) is 5.85. The molecule has 142 valence electrons. The van der Waals surface area contributed by atoms with Crippen LogP contribution in [-0.4, -0.2) is 11.1 Å². The predicted octanol–water partition coefficient (Wildman–Crippen LogP) is 6.04. The summed E-state index contributed by atoms with van der Waals surface area (Å²) in [6, 6.07) is 19.8. The fourth-order valence-electron chi connectivity index (χ4n) is 4.03. The molecule has 0 fully saturated rings. The van der Waals surface area contributed by atoms with Crippen molar-refractivity contribution < 1.29 is 14.3 Å². The van der Waals surface area contributed by atoms with Crippen LogP contribution in [0.15, 0.2) is 66.7 Å². The number of carbonyl (C=O) groups is 1. The van der Waals surface area contributed by atoms with Crippen molar-refractivity contribution in [2.24, 2.45) is 0 Å². The Morgan fingerprint density at radius 1 is 1.14 bits per heavy atom. The number of anilines is 1. The highest BCUT2D eigenvalue weighted by Crippen LogP contribution is 2.48. The van der Waals surface area contributed by atoms with E-state index in [2.05, 4.69) is 24.4 Å². The summed E-state index contributed by atoms with van der Waals surface area (Å²) in [6.45, 7) is 2.12. The van der Waals surface area contributed by atoms with Crippen molar-refractivity contribution >= 4 is 23.3 Å². The van der Waals surface area contributed by atoms with Gasteiger partial charge >= 0.3 is 5.97 Å². The first-order valence-electron chi connectivity index (χ1n) is 9.03. The molecule has 0 radical (unpaired) electrons. The SMILES string of the molecule is CC1(c2ccccc2)CC(c2ccc(F)c(Cl)c2)Nc2ccc(C(=O)O)cc21. The van der Waals surface area contributed by atoms with Gasteiger partial charge in [0.15, 0.2) is 0 Å². The van der Waals surface area contributed by atoms with E-state index >= 15 is 0 Å². The first-order chi connectivity index (χ1) is 13.4. The Labute approximate surface area is 167 Å². The Balaban J connectivity index is 1.87. The smallest absolute Gasteiger partial charge is 0.335 e. The fourth-order valence-corrected chi connectivity index (χ4v) is 4.22. The number of fused-ring (bicyclic) bond motifs is 1. The van der Waals surface area contributed by atoms with Gasteiger partial charge in [0.1, 0.15) is 5.82 Å². The molecule has 0 saturated carbocycles. The van der Waals surface area contributed by atoms with Gasteiger partial charge in [-0.3, -0.25) is 0 Å². The molecule has 0 aliphatic carbocycles. The first kappa shape index (κ1) is 18.5. The second-order valence-electron chi connectivity index (χ2n) is 7.34. The molecule has 3 aromatic carbocycles. The summed E-state index contributed by atoms with van der Waals surface area (Å²) in [5.41, 5.74) is 3.63. The minimum Gasteiger partial charge on any atom is -0.478 e. The third-order valence-electron chi connectivity index (χ3n) is 5.56. The molecule has 0 saturated heterocycles. The number of nitrogens with one attached hydrogen (secondary N) is 1. The Hall–Kier alpha value is -2.85. The topological polar surface area (TPSA) is 49.3 Å². The molecule has 0 spiro atoms. The van der Waals surface area contributed by atoms with Gasteiger partial charge in [0.25, 0.3) is 0 Å². The normalized spacial score (nSPS) is 20.9. The fraction of sp³-hybridized carbons (Fsp3) is 0.174. The average Bonchev–Trinajstić information content (AvgIpc) is 2.70. The molecule has 28 heavy (non-hydrogen) atoms. The molecule has 1 heterocycles. The van der Waals surface area contributed by atoms with Crippen molar-refractivity contribution in [1.29, 1.82) is 0 Å². The van der Waals surface area contributed by atoms with Gasteiger partial charge in [-0.05, 0) is 53.4 Å². The Kier molecular flexibility index (Phi) is 4.60. The van der Waals surface area contributed by atoms with E-state index in [4.69, 9.17) is 11.6 Å². The largest absolute Gasteiger partial charge is 0.478 e. The van der Waals surface area contributed by atoms with Crippen LogP contribution >= 0.6 is 11.6 Å². The minimum absolute atomic E-state index is 0.0905. The van der Waals surface area contributed by atoms with Crippen LogP contribution in [0.3, 0.4) is 0 Å². The number of rotatable bonds is 3. The summed E-state index contributed by atoms with van der Waals surface area (Å²) in [7, 11) is 0. The number of aromatic carboxylic acids is 1. The molecule has 1 aliphatic rings. The number of hydrogen-bond acceptors (Lipinski definition) is 2. The van der Waals surface area contributed by atoms with Gasteiger partial charge in [0.05, 0.1) is 16.6 Å². The van der Waals surface area contributed by atoms with E-state index in [1.807, 2.05) is 18.2 Å². The molecule has 2 unspecified atom stereocenters. The zero-order valence-electron chi connectivity index (χ0n) is 15.2. The molecule has 0 aromatic heterocycles. The molecule has 2 N–H and O–H groups in total. The van der Waals surface area contributed by atoms with Gasteiger partial charge < -0.3 is 10.4 Å². The summed E-state index contributed by atoms with van der Waals surface area (Å²) in [6.07, 6.45) is 0.676. The summed E-state index contributed by atoms with van der Waals surface area (Å²) < 4.78 is 13.6. The van der Waals surface area contributed by atoms with Crippen LogP contribution in [0.2, 0.25) is 5.02 Å². The maximum Gasteiger partial charge on any atom is 0.335 e. The van der Waals surface area contributed by atoms with Gasteiger partial charge in [0.2, 0.25) is 0 Å². The van der Waals surface area contributed by atoms with Crippen molar-refractivity contribution in [3.8, 4) is 0 Å². The highest BCUT2D eigenvalue weighted by atomic mass is 35.5. The summed E-state index contributed by atoms with van der Waals surface area (Å²) >= 11 is 6.01. The van der Waals surface area contributed by atoms with Crippen molar-refractivity contribution in [2.75, 3.05) is 5.32 Å². The minimum atomic E-state index is -0.953. The van der Waals surface area contributed by atoms with Crippen LogP contribution in [-0.2, 0) is 5.41 Å². The maximum absolute atomic E-state index is 13.6. The third kappa shape index (κ3) is 3.14. The molecule has 0 bridgehead atoms. The number of carboxylic acids is 1. The van der Waals surface area contributed by atoms with Crippen molar-refractivity contribution in [3.63, 3.8) is 0 Å². The van der Waals surface area contributed by atoms with Gasteiger partial charge in [-0.2, -0.15) is 0 Å². The molecule has 2 atom stereocenters. The summed E-state index contributed by atoms with van der Waals surface area (Å²) in [5, 5.41) is 13.0. The lowest BCUT2D eigenvalue weighted by Crippen LogP contribution is -2.35. The van der Waals surface area contributed by atoms with Gasteiger partial charge in [-0.15, -0.1) is 0 Å². The van der Waals surface area contributed by atoms with Crippen LogP contribution in [0.25, 0.3) is 0 Å². The van der Waals surface area contributed by atoms with E-state index in [1.54, 1.807) is 30.3 Å². The quantitative estimate of drug-likeness (QED) is 0.568. The van der Waals surface area contributed by atoms with Crippen molar-refractivity contribution in [3.05, 3.63) is 99.8 Å². The molecular weight excluding hydrogens is 377 g/mol.